The van der Waals surface area contributed by atoms with Gasteiger partial charge in [-0.15, -0.1) is 0 Å². The second-order valence-corrected chi connectivity index (χ2v) is 4.51. The van der Waals surface area contributed by atoms with Crippen molar-refractivity contribution >= 4 is 22.6 Å². The molecule has 3 heteroatoms. The number of nitrogens with zero attached hydrogens (tertiary/aromatic N) is 1. The van der Waals surface area contributed by atoms with E-state index >= 15 is 0 Å². The van der Waals surface area contributed by atoms with Gasteiger partial charge in [0, 0.05) is 15.8 Å². The molecule has 0 bridgehead atoms. The van der Waals surface area contributed by atoms with Crippen molar-refractivity contribution in [3.63, 3.8) is 0 Å². The van der Waals surface area contributed by atoms with Gasteiger partial charge in [-0.25, -0.2) is 0 Å². The van der Waals surface area contributed by atoms with Crippen molar-refractivity contribution in [3.8, 4) is 6.07 Å². The maximum Gasteiger partial charge on any atom is 0.0912 e. The summed E-state index contributed by atoms with van der Waals surface area (Å²) in [6.45, 7) is 4.66. The quantitative estimate of drug-likeness (QED) is 0.745. The van der Waals surface area contributed by atoms with Crippen molar-refractivity contribution in [2.75, 3.05) is 6.54 Å². The molecule has 0 atom stereocenters. The molecule has 64 valence electrons. The van der Waals surface area contributed by atoms with E-state index in [1.54, 1.807) is 0 Å². The van der Waals surface area contributed by atoms with Crippen LogP contribution >= 0.6 is 22.6 Å². The first kappa shape index (κ1) is 9.59. The number of rotatable bonds is 1. The number of halogens is 1. The fourth-order valence-electron chi connectivity index (χ4n) is 0.968. The normalized spacial score (nSPS) is 17.2. The van der Waals surface area contributed by atoms with Crippen LogP contribution in [0.3, 0.4) is 0 Å². The van der Waals surface area contributed by atoms with E-state index in [0.29, 0.717) is 0 Å². The lowest BCUT2D eigenvalue weighted by Gasteiger charge is -2.23. The number of allylic oxidation sites excluding steroid dienone is 3. The Labute approximate surface area is 86.5 Å². The average Bonchev–Trinajstić information content (AvgIpc) is 2.05. The van der Waals surface area contributed by atoms with Crippen LogP contribution < -0.4 is 5.32 Å². The first-order valence-electron chi connectivity index (χ1n) is 3.79. The summed E-state index contributed by atoms with van der Waals surface area (Å²) < 4.78 is 1.20. The summed E-state index contributed by atoms with van der Waals surface area (Å²) in [5, 5.41) is 12.1. The van der Waals surface area contributed by atoms with Crippen LogP contribution in [-0.4, -0.2) is 6.54 Å². The van der Waals surface area contributed by atoms with Crippen LogP contribution in [0.4, 0.5) is 0 Å². The minimum Gasteiger partial charge on any atom is -0.384 e. The van der Waals surface area contributed by atoms with Gasteiger partial charge in [0.1, 0.15) is 0 Å². The van der Waals surface area contributed by atoms with Gasteiger partial charge in [-0.3, -0.25) is 0 Å². The van der Waals surface area contributed by atoms with E-state index in [1.165, 1.54) is 3.58 Å². The number of nitrogens with one attached hydrogen (secondary N) is 1. The molecular weight excluding hydrogens is 263 g/mol. The Bertz CT molecular complexity index is 281. The lowest BCUT2D eigenvalue weighted by Crippen LogP contribution is -2.27. The number of dihydropyridines is 1. The van der Waals surface area contributed by atoms with Crippen molar-refractivity contribution in [2.24, 2.45) is 5.41 Å². The molecular formula is C9H11IN2. The summed E-state index contributed by atoms with van der Waals surface area (Å²) >= 11 is 2.26. The summed E-state index contributed by atoms with van der Waals surface area (Å²) in [7, 11) is 0. The van der Waals surface area contributed by atoms with E-state index in [9.17, 15) is 0 Å². The second-order valence-electron chi connectivity index (χ2n) is 3.26. The fraction of sp³-hybridized carbons (Fsp3) is 0.444. The number of hydrogen-bond acceptors (Lipinski definition) is 2. The molecule has 0 aromatic carbocycles. The predicted octanol–water partition coefficient (Wildman–Crippen LogP) is 2.34. The molecule has 0 radical (unpaired) electrons. The van der Waals surface area contributed by atoms with Gasteiger partial charge in [0.25, 0.3) is 0 Å². The van der Waals surface area contributed by atoms with Gasteiger partial charge < -0.3 is 5.32 Å². The summed E-state index contributed by atoms with van der Waals surface area (Å²) in [5.41, 5.74) is 0.613. The van der Waals surface area contributed by atoms with Gasteiger partial charge in [-0.2, -0.15) is 5.26 Å². The van der Waals surface area contributed by atoms with Crippen LogP contribution in [0.25, 0.3) is 0 Å². The van der Waals surface area contributed by atoms with E-state index in [2.05, 4.69) is 40.1 Å². The highest BCUT2D eigenvalue weighted by Gasteiger charge is 2.23. The Balaban J connectivity index is 2.91. The molecule has 2 nitrogen and oxygen atoms in total. The predicted molar refractivity (Wildman–Crippen MR) is 57.6 cm³/mol. The number of nitriles is 1. The zero-order chi connectivity index (χ0) is 9.19. The Kier molecular flexibility index (Phi) is 2.78. The summed E-state index contributed by atoms with van der Waals surface area (Å²) in [5.74, 6) is 0. The molecule has 0 amide bonds. The minimum absolute atomic E-state index is 0.398. The molecule has 1 aliphatic rings. The highest BCUT2D eigenvalue weighted by molar-refractivity contribution is 14.1. The van der Waals surface area contributed by atoms with Crippen LogP contribution in [0.15, 0.2) is 21.4 Å². The summed E-state index contributed by atoms with van der Waals surface area (Å²) in [4.78, 5) is 0. The smallest absolute Gasteiger partial charge is 0.0912 e. The van der Waals surface area contributed by atoms with Crippen LogP contribution in [0.1, 0.15) is 13.8 Å². The Morgan fingerprint density at radius 3 is 2.83 bits per heavy atom. The van der Waals surface area contributed by atoms with E-state index in [1.807, 2.05) is 19.9 Å². The summed E-state index contributed by atoms with van der Waals surface area (Å²) in [6, 6.07) is 2.27. The first-order chi connectivity index (χ1) is 5.56. The highest BCUT2D eigenvalue weighted by atomic mass is 127. The van der Waals surface area contributed by atoms with E-state index < -0.39 is 5.41 Å². The third-order valence-corrected chi connectivity index (χ3v) is 2.58. The van der Waals surface area contributed by atoms with Gasteiger partial charge in [0.05, 0.1) is 11.5 Å². The molecule has 0 spiro atoms. The second kappa shape index (κ2) is 3.48. The Hall–Kier alpha value is -0.500. The molecule has 1 rings (SSSR count). The van der Waals surface area contributed by atoms with Crippen molar-refractivity contribution in [1.82, 2.24) is 5.32 Å². The van der Waals surface area contributed by atoms with Gasteiger partial charge in [0.2, 0.25) is 0 Å². The van der Waals surface area contributed by atoms with Crippen molar-refractivity contribution < 1.29 is 0 Å². The van der Waals surface area contributed by atoms with Crippen LogP contribution in [0, 0.1) is 16.7 Å². The zero-order valence-electron chi connectivity index (χ0n) is 7.19. The minimum atomic E-state index is -0.398. The Morgan fingerprint density at radius 2 is 2.33 bits per heavy atom. The molecule has 12 heavy (non-hydrogen) atoms. The van der Waals surface area contributed by atoms with Crippen molar-refractivity contribution in [1.29, 1.82) is 5.26 Å². The van der Waals surface area contributed by atoms with E-state index in [0.717, 1.165) is 12.2 Å². The van der Waals surface area contributed by atoms with E-state index in [4.69, 9.17) is 5.26 Å². The zero-order valence-corrected chi connectivity index (χ0v) is 9.34. The maximum atomic E-state index is 8.88. The maximum absolute atomic E-state index is 8.88. The summed E-state index contributed by atoms with van der Waals surface area (Å²) in [6.07, 6.45) is 4.12. The average molecular weight is 274 g/mol. The highest BCUT2D eigenvalue weighted by Crippen LogP contribution is 2.27. The van der Waals surface area contributed by atoms with Crippen LogP contribution in [0.5, 0.6) is 0 Å². The van der Waals surface area contributed by atoms with Gasteiger partial charge in [-0.05, 0) is 42.5 Å². The molecule has 0 saturated heterocycles. The molecule has 1 N–H and O–H groups in total. The van der Waals surface area contributed by atoms with Gasteiger partial charge >= 0.3 is 0 Å². The lowest BCUT2D eigenvalue weighted by atomic mass is 9.90. The molecule has 1 aliphatic heterocycles. The largest absolute Gasteiger partial charge is 0.384 e. The molecule has 1 heterocycles. The van der Waals surface area contributed by atoms with Crippen LogP contribution in [0.2, 0.25) is 0 Å². The topological polar surface area (TPSA) is 35.8 Å². The third kappa shape index (κ3) is 2.01. The monoisotopic (exact) mass is 274 g/mol. The van der Waals surface area contributed by atoms with E-state index in [-0.39, 0.29) is 0 Å². The molecule has 0 fully saturated rings. The fourth-order valence-corrected chi connectivity index (χ4v) is 1.50. The Morgan fingerprint density at radius 1 is 1.67 bits per heavy atom. The third-order valence-electron chi connectivity index (χ3n) is 1.82. The van der Waals surface area contributed by atoms with Crippen LogP contribution in [-0.2, 0) is 0 Å². The molecule has 0 aliphatic carbocycles. The lowest BCUT2D eigenvalue weighted by molar-refractivity contribution is 0.544. The van der Waals surface area contributed by atoms with Crippen molar-refractivity contribution in [2.45, 2.75) is 13.8 Å². The molecule has 0 saturated carbocycles. The standard InChI is InChI=1S/C9H11IN2/c1-9(2,6-11)8-5-7(10)3-4-12-8/h3,5,12H,4H2,1-2H3. The molecule has 0 aromatic heterocycles. The van der Waals surface area contributed by atoms with Crippen molar-refractivity contribution in [3.05, 3.63) is 21.4 Å². The van der Waals surface area contributed by atoms with Gasteiger partial charge in [-0.1, -0.05) is 6.08 Å². The molecule has 0 unspecified atom stereocenters. The molecule has 0 aromatic rings. The number of hydrogen-bond donors (Lipinski definition) is 1. The first-order valence-corrected chi connectivity index (χ1v) is 4.87. The van der Waals surface area contributed by atoms with Gasteiger partial charge in [0.15, 0.2) is 0 Å². The SMILES string of the molecule is CC(C)(C#N)C1=CC(I)=CCN1.